The van der Waals surface area contributed by atoms with E-state index >= 15 is 0 Å². The Bertz CT molecular complexity index is 770. The average Bonchev–Trinajstić information content (AvgIpc) is 2.48. The molecule has 8 heteroatoms. The van der Waals surface area contributed by atoms with Crippen LogP contribution in [0, 0.1) is 11.6 Å². The zero-order chi connectivity index (χ0) is 17.0. The monoisotopic (exact) mass is 403 g/mol. The Hall–Kier alpha value is -1.99. The Balaban J connectivity index is 1.96. The first-order chi connectivity index (χ1) is 10.9. The van der Waals surface area contributed by atoms with E-state index < -0.39 is 30.1 Å². The number of halogens is 4. The van der Waals surface area contributed by atoms with E-state index in [9.17, 15) is 18.4 Å². The average molecular weight is 405 g/mol. The van der Waals surface area contributed by atoms with E-state index in [0.717, 1.165) is 4.47 Å². The Morgan fingerprint density at radius 1 is 1.17 bits per heavy atom. The molecule has 0 fully saturated rings. The Labute approximate surface area is 143 Å². The van der Waals surface area contributed by atoms with Crippen LogP contribution in [0.15, 0.2) is 40.9 Å². The first-order valence-electron chi connectivity index (χ1n) is 6.24. The summed E-state index contributed by atoms with van der Waals surface area (Å²) in [5.41, 5.74) is 0.145. The third-order valence-electron chi connectivity index (χ3n) is 2.67. The predicted molar refractivity (Wildman–Crippen MR) is 84.4 cm³/mol. The van der Waals surface area contributed by atoms with Gasteiger partial charge in [-0.2, -0.15) is 0 Å². The van der Waals surface area contributed by atoms with E-state index in [0.29, 0.717) is 17.8 Å². The Kier molecular flexibility index (Phi) is 5.68. The number of benzene rings is 2. The zero-order valence-corrected chi connectivity index (χ0v) is 13.7. The summed E-state index contributed by atoms with van der Waals surface area (Å²) in [6, 6.07) is 8.08. The van der Waals surface area contributed by atoms with E-state index in [4.69, 9.17) is 16.3 Å². The number of hydrogen-bond donors (Lipinski definition) is 1. The number of amides is 1. The molecule has 0 aromatic heterocycles. The van der Waals surface area contributed by atoms with Crippen LogP contribution in [-0.4, -0.2) is 18.5 Å². The first kappa shape index (κ1) is 17.4. The second kappa shape index (κ2) is 7.52. The normalized spacial score (nSPS) is 10.3. The maximum Gasteiger partial charge on any atom is 0.340 e. The van der Waals surface area contributed by atoms with E-state index in [1.165, 1.54) is 0 Å². The minimum Gasteiger partial charge on any atom is -0.452 e. The molecule has 0 atom stereocenters. The van der Waals surface area contributed by atoms with Gasteiger partial charge in [-0.25, -0.2) is 13.6 Å². The quantitative estimate of drug-likeness (QED) is 0.614. The molecule has 23 heavy (non-hydrogen) atoms. The minimum absolute atomic E-state index is 0.304. The van der Waals surface area contributed by atoms with Crippen molar-refractivity contribution in [2.45, 2.75) is 0 Å². The molecule has 2 rings (SSSR count). The van der Waals surface area contributed by atoms with Crippen LogP contribution in [0.25, 0.3) is 0 Å². The molecule has 2 aromatic rings. The van der Waals surface area contributed by atoms with Gasteiger partial charge in [-0.3, -0.25) is 4.79 Å². The summed E-state index contributed by atoms with van der Waals surface area (Å²) in [6.07, 6.45) is 0. The minimum atomic E-state index is -1.24. The second-order valence-electron chi connectivity index (χ2n) is 4.38. The van der Waals surface area contributed by atoms with Crippen molar-refractivity contribution in [3.63, 3.8) is 0 Å². The summed E-state index contributed by atoms with van der Waals surface area (Å²) in [5, 5.41) is 2.21. The fraction of sp³-hybridized carbons (Fsp3) is 0.0667. The summed E-state index contributed by atoms with van der Waals surface area (Å²) in [6.45, 7) is -0.597. The van der Waals surface area contributed by atoms with Crippen molar-refractivity contribution in [3.05, 3.63) is 63.1 Å². The molecule has 2 aromatic carbocycles. The van der Waals surface area contributed by atoms with E-state index in [1.807, 2.05) is 0 Å². The van der Waals surface area contributed by atoms with Gasteiger partial charge in [0.1, 0.15) is 0 Å². The highest BCUT2D eigenvalue weighted by Crippen LogP contribution is 2.21. The molecule has 0 aliphatic rings. The third-order valence-corrected chi connectivity index (χ3v) is 3.48. The van der Waals surface area contributed by atoms with Crippen molar-refractivity contribution in [2.75, 3.05) is 11.9 Å². The maximum absolute atomic E-state index is 13.1. The van der Waals surface area contributed by atoms with Crippen LogP contribution in [0.5, 0.6) is 0 Å². The standard InChI is InChI=1S/C15H9BrClF2NO3/c16-8-2-1-3-9(4-8)20-14(21)7-23-15(22)10-5-12(18)13(19)6-11(10)17/h1-6H,7H2,(H,20,21). The van der Waals surface area contributed by atoms with Crippen LogP contribution in [0.3, 0.4) is 0 Å². The largest absolute Gasteiger partial charge is 0.452 e. The summed E-state index contributed by atoms with van der Waals surface area (Å²) in [5.74, 6) is -4.03. The summed E-state index contributed by atoms with van der Waals surface area (Å²) in [7, 11) is 0. The summed E-state index contributed by atoms with van der Waals surface area (Å²) in [4.78, 5) is 23.5. The van der Waals surface area contributed by atoms with E-state index in [-0.39, 0.29) is 10.6 Å². The maximum atomic E-state index is 13.1. The second-order valence-corrected chi connectivity index (χ2v) is 5.70. The van der Waals surface area contributed by atoms with Crippen molar-refractivity contribution in [3.8, 4) is 0 Å². The van der Waals surface area contributed by atoms with Gasteiger partial charge in [-0.15, -0.1) is 0 Å². The summed E-state index contributed by atoms with van der Waals surface area (Å²) >= 11 is 8.89. The van der Waals surface area contributed by atoms with Crippen LogP contribution in [0.2, 0.25) is 5.02 Å². The van der Waals surface area contributed by atoms with Gasteiger partial charge in [-0.05, 0) is 30.3 Å². The van der Waals surface area contributed by atoms with Crippen molar-refractivity contribution >= 4 is 45.1 Å². The fourth-order valence-corrected chi connectivity index (χ4v) is 2.28. The Morgan fingerprint density at radius 3 is 2.57 bits per heavy atom. The topological polar surface area (TPSA) is 55.4 Å². The smallest absolute Gasteiger partial charge is 0.340 e. The lowest BCUT2D eigenvalue weighted by molar-refractivity contribution is -0.119. The molecule has 0 unspecified atom stereocenters. The van der Waals surface area contributed by atoms with E-state index in [2.05, 4.69) is 21.2 Å². The van der Waals surface area contributed by atoms with E-state index in [1.54, 1.807) is 24.3 Å². The number of ether oxygens (including phenoxy) is 1. The number of rotatable bonds is 4. The van der Waals surface area contributed by atoms with Gasteiger partial charge < -0.3 is 10.1 Å². The predicted octanol–water partition coefficient (Wildman–Crippen LogP) is 4.18. The van der Waals surface area contributed by atoms with Crippen molar-refractivity contribution in [1.29, 1.82) is 0 Å². The molecule has 0 spiro atoms. The highest BCUT2D eigenvalue weighted by atomic mass is 79.9. The molecule has 0 aliphatic carbocycles. The van der Waals surface area contributed by atoms with Crippen LogP contribution >= 0.6 is 27.5 Å². The molecule has 0 heterocycles. The van der Waals surface area contributed by atoms with Gasteiger partial charge in [0.2, 0.25) is 0 Å². The van der Waals surface area contributed by atoms with Gasteiger partial charge in [0, 0.05) is 10.2 Å². The number of hydrogen-bond acceptors (Lipinski definition) is 3. The highest BCUT2D eigenvalue weighted by Gasteiger charge is 2.17. The number of esters is 1. The number of carbonyl (C=O) groups excluding carboxylic acids is 2. The van der Waals surface area contributed by atoms with Gasteiger partial charge in [0.05, 0.1) is 10.6 Å². The number of carbonyl (C=O) groups is 2. The lowest BCUT2D eigenvalue weighted by Crippen LogP contribution is -2.21. The van der Waals surface area contributed by atoms with Crippen molar-refractivity contribution in [2.24, 2.45) is 0 Å². The number of nitrogens with one attached hydrogen (secondary N) is 1. The fourth-order valence-electron chi connectivity index (χ4n) is 1.65. The zero-order valence-electron chi connectivity index (χ0n) is 11.4. The van der Waals surface area contributed by atoms with Crippen molar-refractivity contribution < 1.29 is 23.1 Å². The molecular weight excluding hydrogens is 396 g/mol. The molecular formula is C15H9BrClF2NO3. The SMILES string of the molecule is O=C(COC(=O)c1cc(F)c(F)cc1Cl)Nc1cccc(Br)c1. The molecule has 0 aliphatic heterocycles. The van der Waals surface area contributed by atoms with Crippen LogP contribution in [-0.2, 0) is 9.53 Å². The molecule has 0 saturated heterocycles. The number of anilines is 1. The van der Waals surface area contributed by atoms with Crippen LogP contribution < -0.4 is 5.32 Å². The van der Waals surface area contributed by atoms with Gasteiger partial charge in [-0.1, -0.05) is 33.6 Å². The molecule has 0 radical (unpaired) electrons. The van der Waals surface area contributed by atoms with Gasteiger partial charge in [0.15, 0.2) is 18.2 Å². The van der Waals surface area contributed by atoms with Gasteiger partial charge in [0.25, 0.3) is 5.91 Å². The molecule has 1 N–H and O–H groups in total. The Morgan fingerprint density at radius 2 is 1.87 bits per heavy atom. The van der Waals surface area contributed by atoms with Crippen molar-refractivity contribution in [1.82, 2.24) is 0 Å². The lowest BCUT2D eigenvalue weighted by Gasteiger charge is -2.08. The van der Waals surface area contributed by atoms with Gasteiger partial charge >= 0.3 is 5.97 Å². The molecule has 120 valence electrons. The molecule has 0 bridgehead atoms. The molecule has 4 nitrogen and oxygen atoms in total. The van der Waals surface area contributed by atoms with Crippen LogP contribution in [0.4, 0.5) is 14.5 Å². The lowest BCUT2D eigenvalue weighted by atomic mass is 10.2. The molecule has 1 amide bonds. The summed E-state index contributed by atoms with van der Waals surface area (Å²) < 4.78 is 31.5. The first-order valence-corrected chi connectivity index (χ1v) is 7.41. The molecule has 0 saturated carbocycles. The third kappa shape index (κ3) is 4.74. The van der Waals surface area contributed by atoms with Crippen LogP contribution in [0.1, 0.15) is 10.4 Å². The highest BCUT2D eigenvalue weighted by molar-refractivity contribution is 9.10.